The highest BCUT2D eigenvalue weighted by Crippen LogP contribution is 2.14. The van der Waals surface area contributed by atoms with Gasteiger partial charge in [0.15, 0.2) is 0 Å². The molecule has 2 N–H and O–H groups in total. The SMILES string of the molecule is NCCN1CC(Cl)CC1=O. The summed E-state index contributed by atoms with van der Waals surface area (Å²) in [7, 11) is 0. The van der Waals surface area contributed by atoms with Crippen LogP contribution in [0.5, 0.6) is 0 Å². The lowest BCUT2D eigenvalue weighted by Gasteiger charge is -2.12. The molecular formula is C6H11ClN2O. The molecule has 1 heterocycles. The molecule has 3 nitrogen and oxygen atoms in total. The summed E-state index contributed by atoms with van der Waals surface area (Å²) in [5, 5.41) is -0.000880. The summed E-state index contributed by atoms with van der Waals surface area (Å²) in [6.45, 7) is 1.83. The molecule has 1 unspecified atom stereocenters. The molecule has 0 aromatic carbocycles. The Hall–Kier alpha value is -0.280. The molecule has 0 aromatic rings. The van der Waals surface area contributed by atoms with Gasteiger partial charge >= 0.3 is 0 Å². The van der Waals surface area contributed by atoms with E-state index in [9.17, 15) is 4.79 Å². The summed E-state index contributed by atoms with van der Waals surface area (Å²) < 4.78 is 0. The topological polar surface area (TPSA) is 46.3 Å². The Kier molecular flexibility index (Phi) is 2.51. The summed E-state index contributed by atoms with van der Waals surface area (Å²) in [5.41, 5.74) is 5.28. The van der Waals surface area contributed by atoms with Crippen LogP contribution in [-0.2, 0) is 4.79 Å². The third-order valence-corrected chi connectivity index (χ3v) is 1.86. The van der Waals surface area contributed by atoms with Gasteiger partial charge in [0.2, 0.25) is 5.91 Å². The van der Waals surface area contributed by atoms with E-state index in [0.717, 1.165) is 0 Å². The van der Waals surface area contributed by atoms with Crippen LogP contribution in [-0.4, -0.2) is 35.8 Å². The van der Waals surface area contributed by atoms with Gasteiger partial charge in [0, 0.05) is 26.1 Å². The largest absolute Gasteiger partial charge is 0.340 e. The number of halogens is 1. The number of nitrogens with zero attached hydrogens (tertiary/aromatic N) is 1. The van der Waals surface area contributed by atoms with Crippen molar-refractivity contribution in [3.05, 3.63) is 0 Å². The molecule has 58 valence electrons. The maximum absolute atomic E-state index is 11.0. The first-order chi connectivity index (χ1) is 4.74. The van der Waals surface area contributed by atoms with Gasteiger partial charge in [-0.05, 0) is 0 Å². The van der Waals surface area contributed by atoms with Crippen LogP contribution in [0, 0.1) is 0 Å². The Labute approximate surface area is 65.1 Å². The molecule has 1 rings (SSSR count). The van der Waals surface area contributed by atoms with E-state index in [1.165, 1.54) is 0 Å². The molecule has 1 aliphatic heterocycles. The molecule has 0 aliphatic carbocycles. The minimum Gasteiger partial charge on any atom is -0.340 e. The van der Waals surface area contributed by atoms with E-state index in [4.69, 9.17) is 17.3 Å². The first kappa shape index (κ1) is 7.82. The minimum absolute atomic E-state index is 0.000880. The molecule has 1 fully saturated rings. The normalized spacial score (nSPS) is 26.0. The first-order valence-corrected chi connectivity index (χ1v) is 3.79. The van der Waals surface area contributed by atoms with E-state index in [-0.39, 0.29) is 11.3 Å². The molecule has 1 saturated heterocycles. The van der Waals surface area contributed by atoms with Gasteiger partial charge in [-0.3, -0.25) is 4.79 Å². The Bertz CT molecular complexity index is 140. The Morgan fingerprint density at radius 1 is 1.80 bits per heavy atom. The predicted octanol–water partition coefficient (Wildman–Crippen LogP) is -0.215. The predicted molar refractivity (Wildman–Crippen MR) is 39.9 cm³/mol. The van der Waals surface area contributed by atoms with Gasteiger partial charge in [-0.25, -0.2) is 0 Å². The highest BCUT2D eigenvalue weighted by Gasteiger charge is 2.26. The average molecular weight is 163 g/mol. The van der Waals surface area contributed by atoms with Gasteiger partial charge < -0.3 is 10.6 Å². The molecule has 0 saturated carbocycles. The number of amides is 1. The summed E-state index contributed by atoms with van der Waals surface area (Å²) in [6, 6.07) is 0. The van der Waals surface area contributed by atoms with Crippen molar-refractivity contribution in [2.45, 2.75) is 11.8 Å². The first-order valence-electron chi connectivity index (χ1n) is 3.36. The molecule has 0 aromatic heterocycles. The summed E-state index contributed by atoms with van der Waals surface area (Å²) in [5.74, 6) is 0.130. The molecule has 1 aliphatic rings. The lowest BCUT2D eigenvalue weighted by molar-refractivity contribution is -0.127. The summed E-state index contributed by atoms with van der Waals surface area (Å²) >= 11 is 5.73. The zero-order chi connectivity index (χ0) is 7.56. The van der Waals surface area contributed by atoms with Crippen molar-refractivity contribution < 1.29 is 4.79 Å². The van der Waals surface area contributed by atoms with Crippen molar-refractivity contribution in [1.82, 2.24) is 4.90 Å². The molecule has 1 amide bonds. The second kappa shape index (κ2) is 3.21. The second-order valence-electron chi connectivity index (χ2n) is 2.43. The number of carbonyl (C=O) groups excluding carboxylic acids is 1. The summed E-state index contributed by atoms with van der Waals surface area (Å²) in [6.07, 6.45) is 0.474. The monoisotopic (exact) mass is 162 g/mol. The fourth-order valence-electron chi connectivity index (χ4n) is 1.10. The number of rotatable bonds is 2. The number of alkyl halides is 1. The van der Waals surface area contributed by atoms with Crippen LogP contribution in [0.2, 0.25) is 0 Å². The fourth-order valence-corrected chi connectivity index (χ4v) is 1.39. The average Bonchev–Trinajstić information content (AvgIpc) is 2.13. The van der Waals surface area contributed by atoms with Gasteiger partial charge in [-0.1, -0.05) is 0 Å². The van der Waals surface area contributed by atoms with E-state index < -0.39 is 0 Å². The lowest BCUT2D eigenvalue weighted by Crippen LogP contribution is -2.30. The van der Waals surface area contributed by atoms with Crippen LogP contribution in [0.1, 0.15) is 6.42 Å². The van der Waals surface area contributed by atoms with Crippen molar-refractivity contribution in [1.29, 1.82) is 0 Å². The maximum atomic E-state index is 11.0. The number of hydrogen-bond donors (Lipinski definition) is 1. The van der Waals surface area contributed by atoms with Crippen molar-refractivity contribution in [3.8, 4) is 0 Å². The van der Waals surface area contributed by atoms with Gasteiger partial charge in [-0.2, -0.15) is 0 Å². The second-order valence-corrected chi connectivity index (χ2v) is 3.05. The molecule has 0 radical (unpaired) electrons. The lowest BCUT2D eigenvalue weighted by atomic mass is 10.4. The molecule has 10 heavy (non-hydrogen) atoms. The van der Waals surface area contributed by atoms with Crippen LogP contribution in [0.4, 0.5) is 0 Å². The molecular weight excluding hydrogens is 152 g/mol. The number of carbonyl (C=O) groups is 1. The van der Waals surface area contributed by atoms with E-state index in [2.05, 4.69) is 0 Å². The quantitative estimate of drug-likeness (QED) is 0.571. The van der Waals surface area contributed by atoms with E-state index in [1.54, 1.807) is 4.90 Å². The van der Waals surface area contributed by atoms with Gasteiger partial charge in [0.1, 0.15) is 0 Å². The van der Waals surface area contributed by atoms with Crippen molar-refractivity contribution in [2.24, 2.45) is 5.73 Å². The van der Waals surface area contributed by atoms with Crippen LogP contribution in [0.25, 0.3) is 0 Å². The van der Waals surface area contributed by atoms with E-state index in [1.807, 2.05) is 0 Å². The highest BCUT2D eigenvalue weighted by atomic mass is 35.5. The van der Waals surface area contributed by atoms with Crippen molar-refractivity contribution in [3.63, 3.8) is 0 Å². The number of nitrogens with two attached hydrogens (primary N) is 1. The van der Waals surface area contributed by atoms with Gasteiger partial charge in [-0.15, -0.1) is 11.6 Å². The van der Waals surface area contributed by atoms with Crippen molar-refractivity contribution >= 4 is 17.5 Å². The van der Waals surface area contributed by atoms with Crippen LogP contribution >= 0.6 is 11.6 Å². The standard InChI is InChI=1S/C6H11ClN2O/c7-5-3-6(10)9(4-5)2-1-8/h5H,1-4,8H2. The Balaban J connectivity index is 2.39. The third kappa shape index (κ3) is 1.61. The zero-order valence-corrected chi connectivity index (χ0v) is 6.47. The Morgan fingerprint density at radius 3 is 2.90 bits per heavy atom. The maximum Gasteiger partial charge on any atom is 0.224 e. The molecule has 0 spiro atoms. The van der Waals surface area contributed by atoms with Gasteiger partial charge in [0.05, 0.1) is 5.38 Å². The van der Waals surface area contributed by atoms with E-state index >= 15 is 0 Å². The molecule has 1 atom stereocenters. The van der Waals surface area contributed by atoms with Gasteiger partial charge in [0.25, 0.3) is 0 Å². The van der Waals surface area contributed by atoms with Crippen LogP contribution in [0.3, 0.4) is 0 Å². The smallest absolute Gasteiger partial charge is 0.224 e. The van der Waals surface area contributed by atoms with Crippen molar-refractivity contribution in [2.75, 3.05) is 19.6 Å². The van der Waals surface area contributed by atoms with E-state index in [0.29, 0.717) is 26.1 Å². The number of likely N-dealkylation sites (tertiary alicyclic amines) is 1. The zero-order valence-electron chi connectivity index (χ0n) is 5.72. The summed E-state index contributed by atoms with van der Waals surface area (Å²) in [4.78, 5) is 12.7. The fraction of sp³-hybridized carbons (Fsp3) is 0.833. The number of hydrogen-bond acceptors (Lipinski definition) is 2. The third-order valence-electron chi connectivity index (χ3n) is 1.57. The van der Waals surface area contributed by atoms with Crippen LogP contribution in [0.15, 0.2) is 0 Å². The van der Waals surface area contributed by atoms with Crippen LogP contribution < -0.4 is 5.73 Å². The highest BCUT2D eigenvalue weighted by molar-refractivity contribution is 6.22. The minimum atomic E-state index is -0.000880. The molecule has 0 bridgehead atoms. The molecule has 4 heteroatoms. The Morgan fingerprint density at radius 2 is 2.50 bits per heavy atom.